The van der Waals surface area contributed by atoms with Crippen LogP contribution in [0.15, 0.2) is 30.3 Å². The van der Waals surface area contributed by atoms with Crippen molar-refractivity contribution in [3.05, 3.63) is 35.9 Å². The highest BCUT2D eigenvalue weighted by Crippen LogP contribution is 2.47. The first-order valence-electron chi connectivity index (χ1n) is 6.73. The lowest BCUT2D eigenvalue weighted by Gasteiger charge is -2.51. The Kier molecular flexibility index (Phi) is 2.93. The molecule has 2 heteroatoms. The second kappa shape index (κ2) is 4.43. The van der Waals surface area contributed by atoms with Crippen LogP contribution in [0.2, 0.25) is 0 Å². The predicted octanol–water partition coefficient (Wildman–Crippen LogP) is 2.60. The second-order valence-corrected chi connectivity index (χ2v) is 5.72. The Bertz CT molecular complexity index is 362. The molecule has 17 heavy (non-hydrogen) atoms. The Hall–Kier alpha value is -0.860. The van der Waals surface area contributed by atoms with Gasteiger partial charge in [-0.1, -0.05) is 43.2 Å². The van der Waals surface area contributed by atoms with E-state index in [1.807, 2.05) is 6.07 Å². The number of nitrogens with zero attached hydrogens (tertiary/aromatic N) is 1. The highest BCUT2D eigenvalue weighted by atomic mass is 16.3. The van der Waals surface area contributed by atoms with Gasteiger partial charge in [0, 0.05) is 13.1 Å². The van der Waals surface area contributed by atoms with Crippen LogP contribution < -0.4 is 0 Å². The first-order chi connectivity index (χ1) is 8.33. The zero-order chi connectivity index (χ0) is 11.7. The topological polar surface area (TPSA) is 23.5 Å². The molecule has 1 aliphatic heterocycles. The number of likely N-dealkylation sites (tertiary alicyclic amines) is 1. The molecular weight excluding hydrogens is 210 g/mol. The standard InChI is InChI=1S/C15H21NO/c17-10-14(13-6-2-1-3-7-13)16-11-15(12-16)8-4-5-9-15/h1-3,6-7,14,17H,4-5,8-12H2/t14-/m1/s1. The number of benzene rings is 1. The molecule has 2 fully saturated rings. The Labute approximate surface area is 103 Å². The Balaban J connectivity index is 1.68. The molecule has 1 spiro atoms. The van der Waals surface area contributed by atoms with Gasteiger partial charge in [0.1, 0.15) is 0 Å². The lowest BCUT2D eigenvalue weighted by molar-refractivity contribution is -0.0433. The van der Waals surface area contributed by atoms with Gasteiger partial charge in [0.2, 0.25) is 0 Å². The van der Waals surface area contributed by atoms with Gasteiger partial charge in [-0.15, -0.1) is 0 Å². The van der Waals surface area contributed by atoms with E-state index in [1.165, 1.54) is 44.3 Å². The minimum atomic E-state index is 0.211. The molecule has 0 unspecified atom stereocenters. The van der Waals surface area contributed by atoms with E-state index in [1.54, 1.807) is 0 Å². The van der Waals surface area contributed by atoms with Gasteiger partial charge in [0.15, 0.2) is 0 Å². The van der Waals surface area contributed by atoms with Crippen LogP contribution in [0, 0.1) is 5.41 Å². The lowest BCUT2D eigenvalue weighted by atomic mass is 9.77. The fourth-order valence-electron chi connectivity index (χ4n) is 3.58. The van der Waals surface area contributed by atoms with Crippen molar-refractivity contribution in [1.29, 1.82) is 0 Å². The van der Waals surface area contributed by atoms with Crippen molar-refractivity contribution in [3.8, 4) is 0 Å². The lowest BCUT2D eigenvalue weighted by Crippen LogP contribution is -2.56. The molecule has 1 aromatic rings. The normalized spacial score (nSPS) is 24.8. The number of hydrogen-bond donors (Lipinski definition) is 1. The van der Waals surface area contributed by atoms with Crippen LogP contribution >= 0.6 is 0 Å². The monoisotopic (exact) mass is 231 g/mol. The summed E-state index contributed by atoms with van der Waals surface area (Å²) >= 11 is 0. The molecule has 1 atom stereocenters. The van der Waals surface area contributed by atoms with Crippen molar-refractivity contribution < 1.29 is 5.11 Å². The summed E-state index contributed by atoms with van der Waals surface area (Å²) in [6.45, 7) is 2.61. The summed E-state index contributed by atoms with van der Waals surface area (Å²) in [6, 6.07) is 10.6. The summed E-state index contributed by atoms with van der Waals surface area (Å²) < 4.78 is 0. The Morgan fingerprint density at radius 3 is 2.35 bits per heavy atom. The van der Waals surface area contributed by atoms with E-state index in [4.69, 9.17) is 0 Å². The fraction of sp³-hybridized carbons (Fsp3) is 0.600. The molecule has 0 aromatic heterocycles. The predicted molar refractivity (Wildman–Crippen MR) is 68.7 cm³/mol. The Morgan fingerprint density at radius 1 is 1.12 bits per heavy atom. The van der Waals surface area contributed by atoms with E-state index >= 15 is 0 Å². The van der Waals surface area contributed by atoms with Gasteiger partial charge in [0.05, 0.1) is 12.6 Å². The molecule has 1 saturated heterocycles. The highest BCUT2D eigenvalue weighted by molar-refractivity contribution is 5.20. The molecule has 1 heterocycles. The Morgan fingerprint density at radius 2 is 1.76 bits per heavy atom. The zero-order valence-electron chi connectivity index (χ0n) is 10.3. The van der Waals surface area contributed by atoms with E-state index in [-0.39, 0.29) is 12.6 Å². The largest absolute Gasteiger partial charge is 0.394 e. The van der Waals surface area contributed by atoms with E-state index in [0.29, 0.717) is 5.41 Å². The average Bonchev–Trinajstić information content (AvgIpc) is 2.80. The van der Waals surface area contributed by atoms with Crippen molar-refractivity contribution in [2.45, 2.75) is 31.7 Å². The van der Waals surface area contributed by atoms with Crippen LogP contribution in [0.1, 0.15) is 37.3 Å². The van der Waals surface area contributed by atoms with Crippen molar-refractivity contribution in [2.75, 3.05) is 19.7 Å². The second-order valence-electron chi connectivity index (χ2n) is 5.72. The van der Waals surface area contributed by atoms with E-state index in [9.17, 15) is 5.11 Å². The minimum absolute atomic E-state index is 0.211. The third-order valence-corrected chi connectivity index (χ3v) is 4.54. The molecule has 1 aliphatic carbocycles. The van der Waals surface area contributed by atoms with Crippen LogP contribution in [-0.2, 0) is 0 Å². The van der Waals surface area contributed by atoms with Gasteiger partial charge < -0.3 is 5.11 Å². The number of rotatable bonds is 3. The molecular formula is C15H21NO. The maximum Gasteiger partial charge on any atom is 0.0628 e. The molecule has 92 valence electrons. The van der Waals surface area contributed by atoms with Crippen LogP contribution in [-0.4, -0.2) is 29.7 Å². The maximum absolute atomic E-state index is 9.60. The summed E-state index contributed by atoms with van der Waals surface area (Å²) in [7, 11) is 0. The SMILES string of the molecule is OC[C@H](c1ccccc1)N1CC2(CCCC2)C1. The number of aliphatic hydroxyl groups excluding tert-OH is 1. The molecule has 1 aromatic carbocycles. The van der Waals surface area contributed by atoms with Crippen LogP contribution in [0.3, 0.4) is 0 Å². The van der Waals surface area contributed by atoms with Gasteiger partial charge in [-0.3, -0.25) is 4.90 Å². The third kappa shape index (κ3) is 2.00. The molecule has 3 rings (SSSR count). The van der Waals surface area contributed by atoms with Crippen molar-refractivity contribution in [2.24, 2.45) is 5.41 Å². The van der Waals surface area contributed by atoms with Gasteiger partial charge in [-0.2, -0.15) is 0 Å². The van der Waals surface area contributed by atoms with Crippen molar-refractivity contribution >= 4 is 0 Å². The summed E-state index contributed by atoms with van der Waals surface area (Å²) in [4.78, 5) is 2.45. The number of hydrogen-bond acceptors (Lipinski definition) is 2. The molecule has 0 bridgehead atoms. The summed E-state index contributed by atoms with van der Waals surface area (Å²) in [5, 5.41) is 9.60. The van der Waals surface area contributed by atoms with Crippen LogP contribution in [0.25, 0.3) is 0 Å². The summed E-state index contributed by atoms with van der Waals surface area (Å²) in [6.07, 6.45) is 5.61. The highest BCUT2D eigenvalue weighted by Gasteiger charge is 2.46. The summed E-state index contributed by atoms with van der Waals surface area (Å²) in [5.41, 5.74) is 1.87. The smallest absolute Gasteiger partial charge is 0.0628 e. The van der Waals surface area contributed by atoms with Crippen LogP contribution in [0.5, 0.6) is 0 Å². The van der Waals surface area contributed by atoms with Gasteiger partial charge in [0.25, 0.3) is 0 Å². The van der Waals surface area contributed by atoms with Crippen molar-refractivity contribution in [1.82, 2.24) is 4.90 Å². The summed E-state index contributed by atoms with van der Waals surface area (Å²) in [5.74, 6) is 0. The van der Waals surface area contributed by atoms with Gasteiger partial charge in [-0.25, -0.2) is 0 Å². The first kappa shape index (κ1) is 11.2. The average molecular weight is 231 g/mol. The first-order valence-corrected chi connectivity index (χ1v) is 6.73. The quantitative estimate of drug-likeness (QED) is 0.864. The molecule has 2 nitrogen and oxygen atoms in total. The third-order valence-electron chi connectivity index (χ3n) is 4.54. The molecule has 1 saturated carbocycles. The van der Waals surface area contributed by atoms with E-state index in [0.717, 1.165) is 0 Å². The molecule has 1 N–H and O–H groups in total. The van der Waals surface area contributed by atoms with E-state index in [2.05, 4.69) is 29.2 Å². The van der Waals surface area contributed by atoms with Crippen LogP contribution in [0.4, 0.5) is 0 Å². The van der Waals surface area contributed by atoms with E-state index < -0.39 is 0 Å². The molecule has 0 radical (unpaired) electrons. The number of aliphatic hydroxyl groups is 1. The van der Waals surface area contributed by atoms with Gasteiger partial charge in [-0.05, 0) is 23.8 Å². The maximum atomic E-state index is 9.60. The molecule has 0 amide bonds. The van der Waals surface area contributed by atoms with Crippen molar-refractivity contribution in [3.63, 3.8) is 0 Å². The molecule has 2 aliphatic rings. The van der Waals surface area contributed by atoms with Gasteiger partial charge >= 0.3 is 0 Å². The fourth-order valence-corrected chi connectivity index (χ4v) is 3.58. The zero-order valence-corrected chi connectivity index (χ0v) is 10.3. The minimum Gasteiger partial charge on any atom is -0.394 e.